The summed E-state index contributed by atoms with van der Waals surface area (Å²) in [4.78, 5) is 0.773. The van der Waals surface area contributed by atoms with Crippen molar-refractivity contribution in [1.29, 1.82) is 0 Å². The second-order valence-corrected chi connectivity index (χ2v) is 8.56. The van der Waals surface area contributed by atoms with Crippen LogP contribution in [-0.2, 0) is 16.4 Å². The number of thiophene rings is 1. The van der Waals surface area contributed by atoms with E-state index in [0.29, 0.717) is 12.2 Å². The Morgan fingerprint density at radius 3 is 2.96 bits per heavy atom. The number of fused-ring (bicyclic) bond motifs is 1. The molecule has 25 heavy (non-hydrogen) atoms. The zero-order valence-electron chi connectivity index (χ0n) is 12.9. The molecule has 7 nitrogen and oxygen atoms in total. The number of hydrogen-bond donors (Lipinski definition) is 1. The Kier molecular flexibility index (Phi) is 3.94. The number of nitrogens with one attached hydrogen (secondary N) is 1. The van der Waals surface area contributed by atoms with Gasteiger partial charge in [-0.15, -0.1) is 16.4 Å². The molecule has 1 N–H and O–H groups in total. The van der Waals surface area contributed by atoms with Gasteiger partial charge in [0.25, 0.3) is 15.9 Å². The van der Waals surface area contributed by atoms with Gasteiger partial charge in [0, 0.05) is 12.0 Å². The molecule has 1 aromatic carbocycles. The number of ether oxygens (including phenoxy) is 1. The summed E-state index contributed by atoms with van der Waals surface area (Å²) in [7, 11) is -3.91. The molecule has 130 valence electrons. The van der Waals surface area contributed by atoms with Crippen molar-refractivity contribution in [2.45, 2.75) is 24.3 Å². The molecule has 0 saturated carbocycles. The topological polar surface area (TPSA) is 94.3 Å². The maximum absolute atomic E-state index is 12.6. The van der Waals surface area contributed by atoms with Crippen molar-refractivity contribution in [3.8, 4) is 16.5 Å². The number of sulfonamides is 1. The van der Waals surface area contributed by atoms with E-state index in [0.717, 1.165) is 10.4 Å². The molecule has 0 spiro atoms. The fraction of sp³-hybridized carbons (Fsp3) is 0.200. The molecular weight excluding hydrogens is 386 g/mol. The van der Waals surface area contributed by atoms with Crippen LogP contribution in [0.5, 0.6) is 5.75 Å². The standard InChI is InChI=1S/C15H12ClN3O4S2/c1-8-5-9-6-10(7-11(16)13(9)22-8)25(20,21)19-15-18-17-14(23-15)12-3-2-4-24-12/h2-4,6-8H,5H2,1H3,(H,18,19). The van der Waals surface area contributed by atoms with E-state index in [1.165, 1.54) is 17.4 Å². The molecule has 0 fully saturated rings. The quantitative estimate of drug-likeness (QED) is 0.723. The zero-order valence-corrected chi connectivity index (χ0v) is 15.3. The first-order valence-electron chi connectivity index (χ1n) is 7.31. The summed E-state index contributed by atoms with van der Waals surface area (Å²) >= 11 is 7.57. The fourth-order valence-electron chi connectivity index (χ4n) is 2.55. The Labute approximate surface area is 152 Å². The molecule has 0 amide bonds. The van der Waals surface area contributed by atoms with Crippen LogP contribution in [-0.4, -0.2) is 24.7 Å². The largest absolute Gasteiger partial charge is 0.489 e. The number of nitrogens with zero attached hydrogens (tertiary/aromatic N) is 2. The van der Waals surface area contributed by atoms with Crippen molar-refractivity contribution in [2.75, 3.05) is 4.72 Å². The molecule has 3 aromatic rings. The van der Waals surface area contributed by atoms with Crippen LogP contribution in [0.1, 0.15) is 12.5 Å². The van der Waals surface area contributed by atoms with Gasteiger partial charge in [-0.3, -0.25) is 0 Å². The van der Waals surface area contributed by atoms with Crippen LogP contribution < -0.4 is 9.46 Å². The van der Waals surface area contributed by atoms with Gasteiger partial charge in [0.1, 0.15) is 11.9 Å². The zero-order chi connectivity index (χ0) is 17.6. The van der Waals surface area contributed by atoms with E-state index in [9.17, 15) is 8.42 Å². The van der Waals surface area contributed by atoms with Crippen molar-refractivity contribution in [3.63, 3.8) is 0 Å². The van der Waals surface area contributed by atoms with E-state index in [1.807, 2.05) is 18.4 Å². The Morgan fingerprint density at radius 2 is 2.20 bits per heavy atom. The van der Waals surface area contributed by atoms with Crippen molar-refractivity contribution in [1.82, 2.24) is 10.2 Å². The fourth-order valence-corrected chi connectivity index (χ4v) is 4.55. The lowest BCUT2D eigenvalue weighted by atomic mass is 10.1. The van der Waals surface area contributed by atoms with Gasteiger partial charge < -0.3 is 9.15 Å². The van der Waals surface area contributed by atoms with Crippen molar-refractivity contribution in [3.05, 3.63) is 40.2 Å². The molecule has 1 aliphatic heterocycles. The first kappa shape index (κ1) is 16.4. The maximum atomic E-state index is 12.6. The highest BCUT2D eigenvalue weighted by atomic mass is 35.5. The molecule has 2 aromatic heterocycles. The molecule has 1 atom stereocenters. The molecule has 4 rings (SSSR count). The minimum Gasteiger partial charge on any atom is -0.489 e. The highest BCUT2D eigenvalue weighted by Gasteiger charge is 2.27. The third-order valence-electron chi connectivity index (χ3n) is 3.61. The molecule has 1 unspecified atom stereocenters. The number of benzene rings is 1. The van der Waals surface area contributed by atoms with Gasteiger partial charge in [0.2, 0.25) is 0 Å². The number of hydrogen-bond acceptors (Lipinski definition) is 7. The maximum Gasteiger partial charge on any atom is 0.330 e. The lowest BCUT2D eigenvalue weighted by Crippen LogP contribution is -2.13. The summed E-state index contributed by atoms with van der Waals surface area (Å²) in [5.41, 5.74) is 0.755. The van der Waals surface area contributed by atoms with E-state index in [1.54, 1.807) is 12.1 Å². The summed E-state index contributed by atoms with van der Waals surface area (Å²) in [5, 5.41) is 9.69. The third-order valence-corrected chi connectivity index (χ3v) is 6.05. The van der Waals surface area contributed by atoms with Gasteiger partial charge >= 0.3 is 6.01 Å². The number of aromatic nitrogens is 2. The normalized spacial score (nSPS) is 16.5. The monoisotopic (exact) mass is 397 g/mol. The minimum absolute atomic E-state index is 0.0184. The summed E-state index contributed by atoms with van der Waals surface area (Å²) in [5.74, 6) is 0.785. The van der Waals surface area contributed by atoms with Crippen LogP contribution >= 0.6 is 22.9 Å². The third kappa shape index (κ3) is 3.10. The number of halogens is 1. The SMILES string of the molecule is CC1Cc2cc(S(=O)(=O)Nc3nnc(-c4cccs4)o3)cc(Cl)c2O1. The molecule has 3 heterocycles. The predicted molar refractivity (Wildman–Crippen MR) is 93.7 cm³/mol. The van der Waals surface area contributed by atoms with Crippen molar-refractivity contribution >= 4 is 39.0 Å². The summed E-state index contributed by atoms with van der Waals surface area (Å²) in [6.07, 6.45) is 0.560. The van der Waals surface area contributed by atoms with Gasteiger partial charge in [-0.05, 0) is 30.5 Å². The van der Waals surface area contributed by atoms with Gasteiger partial charge in [-0.1, -0.05) is 22.8 Å². The summed E-state index contributed by atoms with van der Waals surface area (Å²) in [6.45, 7) is 1.90. The predicted octanol–water partition coefficient (Wildman–Crippen LogP) is 3.58. The lowest BCUT2D eigenvalue weighted by Gasteiger charge is -2.08. The van der Waals surface area contributed by atoms with Gasteiger partial charge in [-0.2, -0.15) is 0 Å². The molecule has 0 bridgehead atoms. The van der Waals surface area contributed by atoms with E-state index >= 15 is 0 Å². The molecular formula is C15H12ClN3O4S2. The van der Waals surface area contributed by atoms with Crippen LogP contribution in [0.4, 0.5) is 6.01 Å². The van der Waals surface area contributed by atoms with Gasteiger partial charge in [-0.25, -0.2) is 13.1 Å². The van der Waals surface area contributed by atoms with Crippen LogP contribution in [0.25, 0.3) is 10.8 Å². The Morgan fingerprint density at radius 1 is 1.36 bits per heavy atom. The highest BCUT2D eigenvalue weighted by molar-refractivity contribution is 7.92. The lowest BCUT2D eigenvalue weighted by molar-refractivity contribution is 0.255. The number of anilines is 1. The Bertz CT molecular complexity index is 1030. The Hall–Kier alpha value is -2.10. The van der Waals surface area contributed by atoms with Gasteiger partial charge in [0.15, 0.2) is 0 Å². The molecule has 10 heteroatoms. The average molecular weight is 398 g/mol. The smallest absolute Gasteiger partial charge is 0.330 e. The molecule has 1 aliphatic rings. The van der Waals surface area contributed by atoms with E-state index in [-0.39, 0.29) is 27.9 Å². The number of rotatable bonds is 4. The minimum atomic E-state index is -3.91. The first-order chi connectivity index (χ1) is 11.9. The van der Waals surface area contributed by atoms with Gasteiger partial charge in [0.05, 0.1) is 14.8 Å². The highest BCUT2D eigenvalue weighted by Crippen LogP contribution is 2.38. The molecule has 0 aliphatic carbocycles. The second kappa shape index (κ2) is 6.01. The second-order valence-electron chi connectivity index (χ2n) is 5.52. The van der Waals surface area contributed by atoms with Crippen LogP contribution in [0, 0.1) is 0 Å². The van der Waals surface area contributed by atoms with E-state index in [4.69, 9.17) is 20.8 Å². The first-order valence-corrected chi connectivity index (χ1v) is 10.1. The van der Waals surface area contributed by atoms with Crippen LogP contribution in [0.3, 0.4) is 0 Å². The van der Waals surface area contributed by atoms with Crippen molar-refractivity contribution in [2.24, 2.45) is 0 Å². The van der Waals surface area contributed by atoms with Crippen molar-refractivity contribution < 1.29 is 17.6 Å². The van der Waals surface area contributed by atoms with E-state index in [2.05, 4.69) is 14.9 Å². The Balaban J connectivity index is 1.63. The molecule has 0 radical (unpaired) electrons. The van der Waals surface area contributed by atoms with E-state index < -0.39 is 10.0 Å². The van der Waals surface area contributed by atoms with Crippen LogP contribution in [0.2, 0.25) is 5.02 Å². The summed E-state index contributed by atoms with van der Waals surface area (Å²) < 4.78 is 38.4. The van der Waals surface area contributed by atoms with Crippen LogP contribution in [0.15, 0.2) is 39.0 Å². The summed E-state index contributed by atoms with van der Waals surface area (Å²) in [6, 6.07) is 6.33. The molecule has 0 saturated heterocycles. The average Bonchev–Trinajstić information content (AvgIpc) is 3.25.